The fraction of sp³-hybridized carbons (Fsp3) is 0.385. The van der Waals surface area contributed by atoms with Gasteiger partial charge in [-0.25, -0.2) is 0 Å². The molecule has 0 amide bonds. The molecule has 5 heteroatoms. The summed E-state index contributed by atoms with van der Waals surface area (Å²) in [5.74, 6) is -1.18. The van der Waals surface area contributed by atoms with Crippen LogP contribution in [0.5, 0.6) is 0 Å². The number of anilines is 1. The Balaban J connectivity index is 2.36. The molecular weight excluding hydrogens is 252 g/mol. The van der Waals surface area contributed by atoms with Gasteiger partial charge in [-0.2, -0.15) is 5.26 Å². The number of rotatable bonds is 2. The number of halogens is 1. The summed E-state index contributed by atoms with van der Waals surface area (Å²) in [5, 5.41) is 18.8. The summed E-state index contributed by atoms with van der Waals surface area (Å²) in [6, 6.07) is 7.04. The van der Waals surface area contributed by atoms with Crippen LogP contribution >= 0.6 is 11.6 Å². The molecule has 1 aliphatic rings. The topological polar surface area (TPSA) is 64.3 Å². The van der Waals surface area contributed by atoms with Gasteiger partial charge in [0.25, 0.3) is 0 Å². The Labute approximate surface area is 110 Å². The fourth-order valence-electron chi connectivity index (χ4n) is 2.45. The number of aliphatic carboxylic acids is 1. The number of hydrogen-bond acceptors (Lipinski definition) is 3. The van der Waals surface area contributed by atoms with Gasteiger partial charge in [0.2, 0.25) is 0 Å². The summed E-state index contributed by atoms with van der Waals surface area (Å²) in [4.78, 5) is 13.0. The van der Waals surface area contributed by atoms with Gasteiger partial charge < -0.3 is 10.0 Å². The number of carboxylic acids is 1. The summed E-state index contributed by atoms with van der Waals surface area (Å²) in [5.41, 5.74) is 1.25. The Bertz CT molecular complexity index is 524. The molecule has 1 aromatic rings. The summed E-state index contributed by atoms with van der Waals surface area (Å²) >= 11 is 5.95. The summed E-state index contributed by atoms with van der Waals surface area (Å²) in [7, 11) is 0. The van der Waals surface area contributed by atoms with Gasteiger partial charge in [-0.15, -0.1) is 0 Å². The molecule has 1 fully saturated rings. The van der Waals surface area contributed by atoms with Crippen LogP contribution in [0, 0.1) is 17.2 Å². The quantitative estimate of drug-likeness (QED) is 0.891. The number of carboxylic acid groups (broad SMARTS) is 1. The Morgan fingerprint density at radius 2 is 2.33 bits per heavy atom. The van der Waals surface area contributed by atoms with Crippen LogP contribution < -0.4 is 4.90 Å². The van der Waals surface area contributed by atoms with E-state index >= 15 is 0 Å². The number of benzene rings is 1. The van der Waals surface area contributed by atoms with Crippen molar-refractivity contribution in [3.63, 3.8) is 0 Å². The summed E-state index contributed by atoms with van der Waals surface area (Å²) in [6.07, 6.45) is 0.591. The highest BCUT2D eigenvalue weighted by atomic mass is 35.5. The number of hydrogen-bond donors (Lipinski definition) is 1. The highest BCUT2D eigenvalue weighted by Crippen LogP contribution is 2.33. The second-order valence-electron chi connectivity index (χ2n) is 4.44. The number of nitriles is 1. The van der Waals surface area contributed by atoms with Crippen LogP contribution in [0.25, 0.3) is 0 Å². The molecule has 1 saturated heterocycles. The van der Waals surface area contributed by atoms with Gasteiger partial charge in [-0.05, 0) is 31.5 Å². The lowest BCUT2D eigenvalue weighted by atomic mass is 10.0. The van der Waals surface area contributed by atoms with Crippen molar-refractivity contribution in [2.45, 2.75) is 19.4 Å². The molecule has 1 heterocycles. The molecule has 0 radical (unpaired) electrons. The van der Waals surface area contributed by atoms with E-state index in [4.69, 9.17) is 22.0 Å². The minimum absolute atomic E-state index is 0.131. The molecular formula is C13H13ClN2O2. The Morgan fingerprint density at radius 3 is 2.89 bits per heavy atom. The number of nitrogens with zero attached hydrogens (tertiary/aromatic N) is 2. The van der Waals surface area contributed by atoms with Crippen molar-refractivity contribution >= 4 is 23.3 Å². The summed E-state index contributed by atoms with van der Waals surface area (Å²) < 4.78 is 0. The zero-order chi connectivity index (χ0) is 13.3. The predicted octanol–water partition coefficient (Wildman–Crippen LogP) is 2.51. The van der Waals surface area contributed by atoms with Crippen LogP contribution in [-0.2, 0) is 4.79 Å². The molecule has 1 aliphatic heterocycles. The number of carbonyl (C=O) groups is 1. The van der Waals surface area contributed by atoms with Crippen molar-refractivity contribution < 1.29 is 9.90 Å². The van der Waals surface area contributed by atoms with Gasteiger partial charge in [0.15, 0.2) is 0 Å². The molecule has 2 rings (SSSR count). The van der Waals surface area contributed by atoms with Crippen molar-refractivity contribution in [3.8, 4) is 6.07 Å². The second-order valence-corrected chi connectivity index (χ2v) is 4.88. The van der Waals surface area contributed by atoms with Gasteiger partial charge >= 0.3 is 5.97 Å². The molecule has 0 aromatic heterocycles. The van der Waals surface area contributed by atoms with Crippen molar-refractivity contribution in [1.82, 2.24) is 0 Å². The first kappa shape index (κ1) is 12.7. The van der Waals surface area contributed by atoms with Gasteiger partial charge in [-0.1, -0.05) is 11.6 Å². The van der Waals surface area contributed by atoms with E-state index in [9.17, 15) is 4.79 Å². The van der Waals surface area contributed by atoms with Gasteiger partial charge in [0.05, 0.1) is 17.2 Å². The molecule has 0 saturated carbocycles. The van der Waals surface area contributed by atoms with E-state index < -0.39 is 11.9 Å². The van der Waals surface area contributed by atoms with E-state index in [0.717, 1.165) is 5.69 Å². The average Bonchev–Trinajstić information content (AvgIpc) is 2.71. The summed E-state index contributed by atoms with van der Waals surface area (Å²) in [6.45, 7) is 2.50. The highest BCUT2D eigenvalue weighted by molar-refractivity contribution is 6.30. The molecule has 0 bridgehead atoms. The smallest absolute Gasteiger partial charge is 0.308 e. The van der Waals surface area contributed by atoms with Gasteiger partial charge in [0, 0.05) is 17.6 Å². The van der Waals surface area contributed by atoms with Crippen LogP contribution in [0.1, 0.15) is 18.9 Å². The van der Waals surface area contributed by atoms with E-state index in [0.29, 0.717) is 23.6 Å². The van der Waals surface area contributed by atoms with E-state index in [1.54, 1.807) is 18.2 Å². The van der Waals surface area contributed by atoms with Crippen LogP contribution in [0.15, 0.2) is 18.2 Å². The average molecular weight is 265 g/mol. The lowest BCUT2D eigenvalue weighted by Crippen LogP contribution is -2.33. The maximum atomic E-state index is 11.1. The lowest BCUT2D eigenvalue weighted by molar-refractivity contribution is -0.141. The third-order valence-electron chi connectivity index (χ3n) is 3.46. The normalized spacial score (nSPS) is 22.8. The zero-order valence-corrected chi connectivity index (χ0v) is 10.7. The first-order valence-electron chi connectivity index (χ1n) is 5.73. The largest absolute Gasteiger partial charge is 0.481 e. The Hall–Kier alpha value is -1.73. The van der Waals surface area contributed by atoms with E-state index in [-0.39, 0.29) is 6.04 Å². The molecule has 18 heavy (non-hydrogen) atoms. The molecule has 1 N–H and O–H groups in total. The molecule has 94 valence electrons. The molecule has 1 aromatic carbocycles. The monoisotopic (exact) mass is 264 g/mol. The van der Waals surface area contributed by atoms with Crippen molar-refractivity contribution in [2.24, 2.45) is 5.92 Å². The molecule has 0 aliphatic carbocycles. The molecule has 2 atom stereocenters. The van der Waals surface area contributed by atoms with E-state index in [1.807, 2.05) is 11.8 Å². The van der Waals surface area contributed by atoms with Crippen LogP contribution in [-0.4, -0.2) is 23.7 Å². The van der Waals surface area contributed by atoms with Crippen molar-refractivity contribution in [2.75, 3.05) is 11.4 Å². The maximum absolute atomic E-state index is 11.1. The maximum Gasteiger partial charge on any atom is 0.308 e. The third-order valence-corrected chi connectivity index (χ3v) is 3.70. The SMILES string of the molecule is CC1C(C(=O)O)CCN1c1cc(Cl)ccc1C#N. The third kappa shape index (κ3) is 2.14. The minimum atomic E-state index is -0.787. The van der Waals surface area contributed by atoms with Crippen molar-refractivity contribution in [3.05, 3.63) is 28.8 Å². The van der Waals surface area contributed by atoms with Crippen LogP contribution in [0.2, 0.25) is 5.02 Å². The minimum Gasteiger partial charge on any atom is -0.481 e. The van der Waals surface area contributed by atoms with Crippen molar-refractivity contribution in [1.29, 1.82) is 5.26 Å². The van der Waals surface area contributed by atoms with E-state index in [2.05, 4.69) is 6.07 Å². The first-order chi connectivity index (χ1) is 8.54. The predicted molar refractivity (Wildman–Crippen MR) is 68.7 cm³/mol. The Kier molecular flexibility index (Phi) is 3.44. The molecule has 4 nitrogen and oxygen atoms in total. The van der Waals surface area contributed by atoms with Gasteiger partial charge in [0.1, 0.15) is 6.07 Å². The lowest BCUT2D eigenvalue weighted by Gasteiger charge is -2.26. The molecule has 0 spiro atoms. The molecule has 2 unspecified atom stereocenters. The first-order valence-corrected chi connectivity index (χ1v) is 6.11. The second kappa shape index (κ2) is 4.87. The fourth-order valence-corrected chi connectivity index (χ4v) is 2.61. The van der Waals surface area contributed by atoms with Crippen LogP contribution in [0.3, 0.4) is 0 Å². The van der Waals surface area contributed by atoms with E-state index in [1.165, 1.54) is 0 Å². The standard InChI is InChI=1S/C13H13ClN2O2/c1-8-11(13(17)18)4-5-16(8)12-6-10(14)3-2-9(12)7-15/h2-3,6,8,11H,4-5H2,1H3,(H,17,18). The van der Waals surface area contributed by atoms with Crippen LogP contribution in [0.4, 0.5) is 5.69 Å². The van der Waals surface area contributed by atoms with Gasteiger partial charge in [-0.3, -0.25) is 4.79 Å². The Morgan fingerprint density at radius 1 is 1.61 bits per heavy atom. The highest BCUT2D eigenvalue weighted by Gasteiger charge is 2.36. The zero-order valence-electron chi connectivity index (χ0n) is 9.93.